The molecule has 1 N–H and O–H groups in total. The first-order valence-electron chi connectivity index (χ1n) is 11.3. The number of rotatable bonds is 10. The number of carboxylic acids is 1. The van der Waals surface area contributed by atoms with Crippen molar-refractivity contribution in [2.24, 2.45) is 0 Å². The molecule has 0 spiro atoms. The lowest BCUT2D eigenvalue weighted by Crippen LogP contribution is -2.24. The van der Waals surface area contributed by atoms with E-state index in [4.69, 9.17) is 9.52 Å². The lowest BCUT2D eigenvalue weighted by Gasteiger charge is -2.24. The Hall–Kier alpha value is -3.34. The molecular formula is C27H31NO4. The Morgan fingerprint density at radius 1 is 1.03 bits per heavy atom. The maximum atomic E-state index is 12.8. The molecule has 32 heavy (non-hydrogen) atoms. The number of carbonyl (C=O) groups is 1. The lowest BCUT2D eigenvalue weighted by molar-refractivity contribution is 0.0697. The topological polar surface area (TPSA) is 70.8 Å². The number of hydrogen-bond acceptors (Lipinski definition) is 4. The summed E-state index contributed by atoms with van der Waals surface area (Å²) in [4.78, 5) is 26.1. The van der Waals surface area contributed by atoms with Crippen LogP contribution < -0.4 is 10.5 Å². The Balaban J connectivity index is 1.91. The maximum absolute atomic E-state index is 12.8. The van der Waals surface area contributed by atoms with E-state index in [1.165, 1.54) is 0 Å². The average Bonchev–Trinajstić information content (AvgIpc) is 2.79. The maximum Gasteiger partial charge on any atom is 0.343 e. The highest BCUT2D eigenvalue weighted by molar-refractivity contribution is 5.87. The molecule has 0 aliphatic carbocycles. The molecule has 5 nitrogen and oxygen atoms in total. The third kappa shape index (κ3) is 5.28. The van der Waals surface area contributed by atoms with Crippen LogP contribution in [0.3, 0.4) is 0 Å². The van der Waals surface area contributed by atoms with Crippen molar-refractivity contribution in [1.29, 1.82) is 0 Å². The Bertz CT molecular complexity index is 1150. The highest BCUT2D eigenvalue weighted by atomic mass is 16.4. The van der Waals surface area contributed by atoms with Gasteiger partial charge in [-0.05, 0) is 61.1 Å². The normalized spacial score (nSPS) is 11.3. The van der Waals surface area contributed by atoms with Gasteiger partial charge >= 0.3 is 11.6 Å². The van der Waals surface area contributed by atoms with Crippen molar-refractivity contribution in [3.8, 4) is 0 Å². The zero-order valence-electron chi connectivity index (χ0n) is 19.1. The SMILES string of the molecule is CCCN(CCC)c1ccc2c(CC)c(/C=C/Cc3ccc(C(=O)O)cc3)c(=O)oc2c1. The quantitative estimate of drug-likeness (QED) is 0.401. The van der Waals surface area contributed by atoms with Gasteiger partial charge in [0.2, 0.25) is 0 Å². The molecule has 3 aromatic rings. The van der Waals surface area contributed by atoms with Crippen LogP contribution in [-0.4, -0.2) is 24.2 Å². The summed E-state index contributed by atoms with van der Waals surface area (Å²) in [6.45, 7) is 8.32. The smallest absolute Gasteiger partial charge is 0.343 e. The highest BCUT2D eigenvalue weighted by Gasteiger charge is 2.13. The van der Waals surface area contributed by atoms with Gasteiger partial charge in [0.15, 0.2) is 0 Å². The number of fused-ring (bicyclic) bond motifs is 1. The minimum Gasteiger partial charge on any atom is -0.478 e. The molecule has 0 amide bonds. The Morgan fingerprint density at radius 2 is 1.72 bits per heavy atom. The minimum absolute atomic E-state index is 0.261. The van der Waals surface area contributed by atoms with Crippen LogP contribution in [0.5, 0.6) is 0 Å². The second-order valence-corrected chi connectivity index (χ2v) is 7.91. The van der Waals surface area contributed by atoms with E-state index in [-0.39, 0.29) is 11.2 Å². The van der Waals surface area contributed by atoms with Gasteiger partial charge in [-0.1, -0.05) is 45.1 Å². The molecule has 0 radical (unpaired) electrons. The summed E-state index contributed by atoms with van der Waals surface area (Å²) in [5, 5.41) is 9.98. The van der Waals surface area contributed by atoms with Crippen LogP contribution in [0.15, 0.2) is 57.8 Å². The molecule has 2 aromatic carbocycles. The molecule has 0 bridgehead atoms. The van der Waals surface area contributed by atoms with Crippen LogP contribution in [0.25, 0.3) is 17.0 Å². The molecule has 0 aliphatic heterocycles. The summed E-state index contributed by atoms with van der Waals surface area (Å²) in [6.07, 6.45) is 7.19. The average molecular weight is 434 g/mol. The molecule has 0 aliphatic rings. The summed E-state index contributed by atoms with van der Waals surface area (Å²) in [5.41, 5.74) is 4.18. The van der Waals surface area contributed by atoms with Crippen molar-refractivity contribution in [1.82, 2.24) is 0 Å². The lowest BCUT2D eigenvalue weighted by atomic mass is 10.0. The van der Waals surface area contributed by atoms with Crippen molar-refractivity contribution in [2.45, 2.75) is 46.5 Å². The fourth-order valence-corrected chi connectivity index (χ4v) is 4.02. The predicted octanol–water partition coefficient (Wildman–Crippen LogP) is 5.94. The number of allylic oxidation sites excluding steroid dienone is 1. The van der Waals surface area contributed by atoms with E-state index in [0.29, 0.717) is 17.6 Å². The van der Waals surface area contributed by atoms with E-state index in [2.05, 4.69) is 30.9 Å². The third-order valence-electron chi connectivity index (χ3n) is 5.58. The van der Waals surface area contributed by atoms with Gasteiger partial charge in [-0.15, -0.1) is 0 Å². The first kappa shape index (κ1) is 23.3. The fourth-order valence-electron chi connectivity index (χ4n) is 4.02. The zero-order chi connectivity index (χ0) is 23.1. The van der Waals surface area contributed by atoms with E-state index in [0.717, 1.165) is 54.6 Å². The summed E-state index contributed by atoms with van der Waals surface area (Å²) in [6, 6.07) is 12.9. The van der Waals surface area contributed by atoms with E-state index in [1.807, 2.05) is 25.1 Å². The molecule has 168 valence electrons. The monoisotopic (exact) mass is 433 g/mol. The number of hydrogen-bond donors (Lipinski definition) is 1. The number of benzene rings is 2. The largest absolute Gasteiger partial charge is 0.478 e. The number of aromatic carboxylic acids is 1. The first-order chi connectivity index (χ1) is 15.5. The minimum atomic E-state index is -0.941. The second-order valence-electron chi connectivity index (χ2n) is 7.91. The van der Waals surface area contributed by atoms with Crippen molar-refractivity contribution in [3.05, 3.63) is 81.2 Å². The van der Waals surface area contributed by atoms with E-state index < -0.39 is 5.97 Å². The molecule has 0 atom stereocenters. The van der Waals surface area contributed by atoms with Crippen molar-refractivity contribution in [3.63, 3.8) is 0 Å². The van der Waals surface area contributed by atoms with Gasteiger partial charge in [0.05, 0.1) is 11.1 Å². The molecule has 0 saturated heterocycles. The van der Waals surface area contributed by atoms with Gasteiger partial charge in [-0.3, -0.25) is 0 Å². The van der Waals surface area contributed by atoms with Crippen LogP contribution in [-0.2, 0) is 12.8 Å². The van der Waals surface area contributed by atoms with Crippen molar-refractivity contribution < 1.29 is 14.3 Å². The van der Waals surface area contributed by atoms with E-state index in [9.17, 15) is 9.59 Å². The van der Waals surface area contributed by atoms with Crippen LogP contribution in [0.1, 0.15) is 60.7 Å². The van der Waals surface area contributed by atoms with Gasteiger partial charge in [0.25, 0.3) is 0 Å². The molecule has 0 unspecified atom stereocenters. The van der Waals surface area contributed by atoms with Crippen molar-refractivity contribution >= 4 is 28.7 Å². The van der Waals surface area contributed by atoms with Gasteiger partial charge < -0.3 is 14.4 Å². The van der Waals surface area contributed by atoms with E-state index in [1.54, 1.807) is 24.3 Å². The number of aryl methyl sites for hydroxylation is 1. The number of nitrogens with zero attached hydrogens (tertiary/aromatic N) is 1. The molecular weight excluding hydrogens is 402 g/mol. The van der Waals surface area contributed by atoms with Crippen molar-refractivity contribution in [2.75, 3.05) is 18.0 Å². The van der Waals surface area contributed by atoms with Gasteiger partial charge in [0.1, 0.15) is 5.58 Å². The van der Waals surface area contributed by atoms with Crippen LogP contribution in [0.2, 0.25) is 0 Å². The number of carboxylic acid groups (broad SMARTS) is 1. The standard InChI is InChI=1S/C27H31NO4/c1-4-16-28(17-5-2)21-14-15-23-22(6-3)24(27(31)32-25(23)18-21)9-7-8-19-10-12-20(13-11-19)26(29)30/h7,9-15,18H,4-6,8,16-17H2,1-3H3,(H,29,30)/b9-7+. The predicted molar refractivity (Wildman–Crippen MR) is 131 cm³/mol. The summed E-state index contributed by atoms with van der Waals surface area (Å²) < 4.78 is 5.73. The molecule has 5 heteroatoms. The van der Waals surface area contributed by atoms with Gasteiger partial charge in [-0.25, -0.2) is 9.59 Å². The van der Waals surface area contributed by atoms with Crippen LogP contribution in [0.4, 0.5) is 5.69 Å². The third-order valence-corrected chi connectivity index (χ3v) is 5.58. The molecule has 0 saturated carbocycles. The Labute approximate surface area is 189 Å². The summed E-state index contributed by atoms with van der Waals surface area (Å²) >= 11 is 0. The summed E-state index contributed by atoms with van der Waals surface area (Å²) in [5.74, 6) is -0.941. The molecule has 3 rings (SSSR count). The van der Waals surface area contributed by atoms with Crippen LogP contribution in [0, 0.1) is 0 Å². The van der Waals surface area contributed by atoms with Crippen LogP contribution >= 0.6 is 0 Å². The first-order valence-corrected chi connectivity index (χ1v) is 11.3. The van der Waals surface area contributed by atoms with E-state index >= 15 is 0 Å². The number of anilines is 1. The Kier molecular flexibility index (Phi) is 7.87. The molecule has 0 fully saturated rings. The second kappa shape index (κ2) is 10.8. The Morgan fingerprint density at radius 3 is 2.31 bits per heavy atom. The zero-order valence-corrected chi connectivity index (χ0v) is 19.1. The van der Waals surface area contributed by atoms with Gasteiger partial charge in [-0.2, -0.15) is 0 Å². The summed E-state index contributed by atoms with van der Waals surface area (Å²) in [7, 11) is 0. The van der Waals surface area contributed by atoms with Gasteiger partial charge in [0, 0.05) is 30.2 Å². The fraction of sp³-hybridized carbons (Fsp3) is 0.333. The molecule has 1 aromatic heterocycles. The molecule has 1 heterocycles. The highest BCUT2D eigenvalue weighted by Crippen LogP contribution is 2.27.